The van der Waals surface area contributed by atoms with Gasteiger partial charge in [0.05, 0.1) is 10.4 Å². The van der Waals surface area contributed by atoms with Crippen molar-refractivity contribution in [2.24, 2.45) is 0 Å². The zero-order chi connectivity index (χ0) is 18.8. The Morgan fingerprint density at radius 1 is 0.926 bits per heavy atom. The number of hydrogen-bond acceptors (Lipinski definition) is 4. The van der Waals surface area contributed by atoms with Crippen molar-refractivity contribution < 1.29 is 10.1 Å². The molecule has 4 aromatic rings. The smallest absolute Gasteiger partial charge is 0.271 e. The van der Waals surface area contributed by atoms with E-state index in [0.29, 0.717) is 16.9 Å². The Labute approximate surface area is 155 Å². The summed E-state index contributed by atoms with van der Waals surface area (Å²) in [6.45, 7) is 0. The molecule has 0 atom stereocenters. The predicted octanol–water partition coefficient (Wildman–Crippen LogP) is 4.63. The first-order valence-electron chi connectivity index (χ1n) is 8.61. The van der Waals surface area contributed by atoms with E-state index in [1.807, 2.05) is 42.5 Å². The summed E-state index contributed by atoms with van der Waals surface area (Å²) in [6, 6.07) is 22.4. The number of aromatic nitrogens is 2. The third kappa shape index (κ3) is 3.37. The maximum Gasteiger partial charge on any atom is 0.271 e. The lowest BCUT2D eigenvalue weighted by Gasteiger charge is -2.05. The van der Waals surface area contributed by atoms with Crippen molar-refractivity contribution in [2.45, 2.75) is 12.8 Å². The first kappa shape index (κ1) is 16.8. The van der Waals surface area contributed by atoms with Gasteiger partial charge in [-0.15, -0.1) is 0 Å². The van der Waals surface area contributed by atoms with E-state index in [1.165, 1.54) is 29.3 Å². The first-order chi connectivity index (χ1) is 13.1. The molecular formula is C21H17N3O3. The highest BCUT2D eigenvalue weighted by Gasteiger charge is 2.15. The summed E-state index contributed by atoms with van der Waals surface area (Å²) in [5.74, 6) is 0.361. The van der Waals surface area contributed by atoms with E-state index in [0.717, 1.165) is 23.1 Å². The molecule has 0 aliphatic carbocycles. The number of imidazole rings is 1. The highest BCUT2D eigenvalue weighted by Crippen LogP contribution is 2.26. The molecule has 0 fully saturated rings. The summed E-state index contributed by atoms with van der Waals surface area (Å²) < 4.78 is 0.904. The van der Waals surface area contributed by atoms with E-state index in [2.05, 4.69) is 17.1 Å². The summed E-state index contributed by atoms with van der Waals surface area (Å²) >= 11 is 0. The molecule has 1 N–H and O–H groups in total. The maximum absolute atomic E-state index is 10.9. The highest BCUT2D eigenvalue weighted by molar-refractivity contribution is 5.82. The molecule has 0 radical (unpaired) electrons. The molecule has 0 saturated heterocycles. The number of benzene rings is 3. The van der Waals surface area contributed by atoms with Gasteiger partial charge in [-0.05, 0) is 30.0 Å². The standard InChI is InChI=1S/C21H17N3O3/c25-23-20-14-18(24(26)27)12-13-19(20)22-21(23)17-10-8-16(9-11-17)7-6-15-4-2-1-3-5-15/h1-5,8-14,25H,6-7H2. The quantitative estimate of drug-likeness (QED) is 0.320. The van der Waals surface area contributed by atoms with Crippen LogP contribution in [0.5, 0.6) is 0 Å². The number of nitro groups is 1. The van der Waals surface area contributed by atoms with E-state index in [1.54, 1.807) is 0 Å². The van der Waals surface area contributed by atoms with Crippen LogP contribution in [0.15, 0.2) is 72.8 Å². The minimum Gasteiger partial charge on any atom is -0.426 e. The lowest BCUT2D eigenvalue weighted by molar-refractivity contribution is -0.384. The van der Waals surface area contributed by atoms with E-state index in [9.17, 15) is 15.3 Å². The van der Waals surface area contributed by atoms with Crippen LogP contribution in [-0.2, 0) is 12.8 Å². The molecule has 3 aromatic carbocycles. The van der Waals surface area contributed by atoms with Crippen molar-refractivity contribution in [3.8, 4) is 11.4 Å². The van der Waals surface area contributed by atoms with Crippen LogP contribution in [-0.4, -0.2) is 19.8 Å². The van der Waals surface area contributed by atoms with Gasteiger partial charge in [0.2, 0.25) is 0 Å². The number of nitrogens with zero attached hydrogens (tertiary/aromatic N) is 3. The normalized spacial score (nSPS) is 11.0. The summed E-state index contributed by atoms with van der Waals surface area (Å²) in [5.41, 5.74) is 3.97. The number of rotatable bonds is 5. The Bertz CT molecular complexity index is 1100. The molecular weight excluding hydrogens is 342 g/mol. The Hall–Kier alpha value is -3.67. The van der Waals surface area contributed by atoms with Crippen molar-refractivity contribution in [1.82, 2.24) is 9.71 Å². The Morgan fingerprint density at radius 3 is 2.26 bits per heavy atom. The topological polar surface area (TPSA) is 81.2 Å². The van der Waals surface area contributed by atoms with E-state index < -0.39 is 4.92 Å². The minimum atomic E-state index is -0.492. The third-order valence-corrected chi connectivity index (χ3v) is 4.58. The predicted molar refractivity (Wildman–Crippen MR) is 103 cm³/mol. The van der Waals surface area contributed by atoms with Gasteiger partial charge in [-0.3, -0.25) is 10.1 Å². The Balaban J connectivity index is 1.58. The van der Waals surface area contributed by atoms with Crippen molar-refractivity contribution in [1.29, 1.82) is 0 Å². The number of nitro benzene ring substituents is 1. The summed E-state index contributed by atoms with van der Waals surface area (Å²) in [5, 5.41) is 21.3. The molecule has 0 aliphatic rings. The zero-order valence-electron chi connectivity index (χ0n) is 14.4. The molecule has 6 heteroatoms. The number of fused-ring (bicyclic) bond motifs is 1. The van der Waals surface area contributed by atoms with Gasteiger partial charge >= 0.3 is 0 Å². The van der Waals surface area contributed by atoms with Gasteiger partial charge in [-0.1, -0.05) is 54.6 Å². The monoisotopic (exact) mass is 359 g/mol. The van der Waals surface area contributed by atoms with E-state index >= 15 is 0 Å². The molecule has 6 nitrogen and oxygen atoms in total. The fourth-order valence-corrected chi connectivity index (χ4v) is 3.11. The van der Waals surface area contributed by atoms with Crippen LogP contribution in [0, 0.1) is 10.1 Å². The van der Waals surface area contributed by atoms with Crippen LogP contribution >= 0.6 is 0 Å². The maximum atomic E-state index is 10.9. The molecule has 0 bridgehead atoms. The van der Waals surface area contributed by atoms with Crippen LogP contribution in [0.25, 0.3) is 22.4 Å². The number of aryl methyl sites for hydroxylation is 2. The molecule has 0 saturated carbocycles. The lowest BCUT2D eigenvalue weighted by Crippen LogP contribution is -1.96. The van der Waals surface area contributed by atoms with Crippen LogP contribution < -0.4 is 0 Å². The minimum absolute atomic E-state index is 0.0829. The highest BCUT2D eigenvalue weighted by atomic mass is 16.6. The molecule has 4 rings (SSSR count). The van der Waals surface area contributed by atoms with E-state index in [4.69, 9.17) is 0 Å². The van der Waals surface area contributed by atoms with Gasteiger partial charge in [0.15, 0.2) is 5.82 Å². The van der Waals surface area contributed by atoms with Crippen LogP contribution in [0.1, 0.15) is 11.1 Å². The van der Waals surface area contributed by atoms with Crippen LogP contribution in [0.4, 0.5) is 5.69 Å². The lowest BCUT2D eigenvalue weighted by atomic mass is 10.0. The van der Waals surface area contributed by atoms with Gasteiger partial charge < -0.3 is 5.21 Å². The van der Waals surface area contributed by atoms with Gasteiger partial charge in [0, 0.05) is 17.7 Å². The largest absolute Gasteiger partial charge is 0.426 e. The van der Waals surface area contributed by atoms with Crippen molar-refractivity contribution in [2.75, 3.05) is 0 Å². The second-order valence-corrected chi connectivity index (χ2v) is 6.36. The summed E-state index contributed by atoms with van der Waals surface area (Å²) in [6.07, 6.45) is 1.88. The second kappa shape index (κ2) is 6.92. The van der Waals surface area contributed by atoms with Crippen molar-refractivity contribution in [3.63, 3.8) is 0 Å². The Morgan fingerprint density at radius 2 is 1.59 bits per heavy atom. The van der Waals surface area contributed by atoms with Crippen LogP contribution in [0.2, 0.25) is 0 Å². The molecule has 0 amide bonds. The molecule has 0 aliphatic heterocycles. The molecule has 0 spiro atoms. The number of hydrogen-bond donors (Lipinski definition) is 1. The van der Waals surface area contributed by atoms with E-state index in [-0.39, 0.29) is 5.69 Å². The molecule has 27 heavy (non-hydrogen) atoms. The van der Waals surface area contributed by atoms with Crippen molar-refractivity contribution >= 4 is 16.7 Å². The summed E-state index contributed by atoms with van der Waals surface area (Å²) in [7, 11) is 0. The molecule has 1 heterocycles. The fraction of sp³-hybridized carbons (Fsp3) is 0.0952. The molecule has 1 aromatic heterocycles. The number of non-ortho nitro benzene ring substituents is 1. The first-order valence-corrected chi connectivity index (χ1v) is 8.61. The average Bonchev–Trinajstić information content (AvgIpc) is 3.03. The van der Waals surface area contributed by atoms with Gasteiger partial charge in [-0.2, -0.15) is 4.73 Å². The summed E-state index contributed by atoms with van der Waals surface area (Å²) in [4.78, 5) is 14.8. The Kier molecular flexibility index (Phi) is 4.30. The van der Waals surface area contributed by atoms with Crippen molar-refractivity contribution in [3.05, 3.63) is 94.0 Å². The molecule has 134 valence electrons. The fourth-order valence-electron chi connectivity index (χ4n) is 3.11. The SMILES string of the molecule is O=[N+]([O-])c1ccc2nc(-c3ccc(CCc4ccccc4)cc3)n(O)c2c1. The van der Waals surface area contributed by atoms with Crippen LogP contribution in [0.3, 0.4) is 0 Å². The zero-order valence-corrected chi connectivity index (χ0v) is 14.4. The van der Waals surface area contributed by atoms with Gasteiger partial charge in [0.1, 0.15) is 5.52 Å². The van der Waals surface area contributed by atoms with Gasteiger partial charge in [0.25, 0.3) is 5.69 Å². The second-order valence-electron chi connectivity index (χ2n) is 6.36. The average molecular weight is 359 g/mol. The molecule has 0 unspecified atom stereocenters. The third-order valence-electron chi connectivity index (χ3n) is 4.58. The van der Waals surface area contributed by atoms with Gasteiger partial charge in [-0.25, -0.2) is 4.98 Å².